The van der Waals surface area contributed by atoms with Gasteiger partial charge in [0.1, 0.15) is 18.1 Å². The molecule has 5 atom stereocenters. The molecule has 0 aliphatic heterocycles. The molecule has 0 aromatic heterocycles. The van der Waals surface area contributed by atoms with Crippen LogP contribution in [-0.2, 0) is 30.4 Å². The lowest BCUT2D eigenvalue weighted by Crippen LogP contribution is -2.60. The van der Waals surface area contributed by atoms with Crippen LogP contribution in [0.4, 0.5) is 0 Å². The predicted octanol–water partition coefficient (Wildman–Crippen LogP) is -1.30. The first kappa shape index (κ1) is 29.9. The number of amides is 3. The van der Waals surface area contributed by atoms with Crippen LogP contribution in [0.15, 0.2) is 30.3 Å². The van der Waals surface area contributed by atoms with E-state index in [-0.39, 0.29) is 12.8 Å². The molecule has 3 amide bonds. The van der Waals surface area contributed by atoms with E-state index in [4.69, 9.17) is 10.8 Å². The van der Waals surface area contributed by atoms with Gasteiger partial charge < -0.3 is 37.0 Å². The minimum Gasteiger partial charge on any atom is -0.481 e. The van der Waals surface area contributed by atoms with Crippen molar-refractivity contribution in [3.8, 4) is 0 Å². The lowest BCUT2D eigenvalue weighted by Gasteiger charge is -2.26. The lowest BCUT2D eigenvalue weighted by molar-refractivity contribution is -0.143. The number of aliphatic hydroxyl groups excluding tert-OH is 1. The van der Waals surface area contributed by atoms with Crippen LogP contribution >= 0.6 is 11.8 Å². The smallest absolute Gasteiger partial charge is 0.326 e. The second kappa shape index (κ2) is 15.0. The number of carboxylic acid groups (broad SMARTS) is 2. The number of nitrogens with two attached hydrogens (primary N) is 1. The van der Waals surface area contributed by atoms with Crippen molar-refractivity contribution in [1.29, 1.82) is 0 Å². The molecule has 8 N–H and O–H groups in total. The van der Waals surface area contributed by atoms with Gasteiger partial charge in [0.05, 0.1) is 18.6 Å². The van der Waals surface area contributed by atoms with Crippen LogP contribution in [0.25, 0.3) is 0 Å². The summed E-state index contributed by atoms with van der Waals surface area (Å²) in [4.78, 5) is 60.3. The third kappa shape index (κ3) is 10.8. The fraction of sp³-hybridized carbons (Fsp3) is 0.500. The largest absolute Gasteiger partial charge is 0.481 e. The van der Waals surface area contributed by atoms with Crippen molar-refractivity contribution in [3.63, 3.8) is 0 Å². The van der Waals surface area contributed by atoms with Gasteiger partial charge in [-0.2, -0.15) is 11.8 Å². The molecule has 0 heterocycles. The lowest BCUT2D eigenvalue weighted by atomic mass is 10.0. The highest BCUT2D eigenvalue weighted by atomic mass is 32.2. The van der Waals surface area contributed by atoms with E-state index < -0.39 is 66.4 Å². The Balaban J connectivity index is 2.94. The van der Waals surface area contributed by atoms with Crippen molar-refractivity contribution >= 4 is 41.4 Å². The third-order valence-electron chi connectivity index (χ3n) is 4.93. The maximum Gasteiger partial charge on any atom is 0.326 e. The standard InChI is InChI=1S/C22H32N4O8S/c1-12(27)18(21(32)25-16(22(33)34)10-13-6-4-3-5-7-13)26-20(31)15(8-9-35-2)24-19(30)14(23)11-17(28)29/h3-7,12,14-16,18,27H,8-11,23H2,1-2H3,(H,24,30)(H,25,32)(H,26,31)(H,28,29)(H,33,34). The van der Waals surface area contributed by atoms with Gasteiger partial charge in [-0.05, 0) is 30.9 Å². The molecule has 1 aromatic rings. The molecule has 5 unspecified atom stereocenters. The Hall–Kier alpha value is -3.16. The highest BCUT2D eigenvalue weighted by Gasteiger charge is 2.32. The molecule has 194 valence electrons. The summed E-state index contributed by atoms with van der Waals surface area (Å²) < 4.78 is 0. The summed E-state index contributed by atoms with van der Waals surface area (Å²) in [5.74, 6) is -4.74. The Bertz CT molecular complexity index is 883. The summed E-state index contributed by atoms with van der Waals surface area (Å²) in [5.41, 5.74) is 6.21. The van der Waals surface area contributed by atoms with Crippen LogP contribution in [0, 0.1) is 0 Å². The zero-order valence-electron chi connectivity index (χ0n) is 19.5. The number of aliphatic carboxylic acids is 2. The van der Waals surface area contributed by atoms with Crippen molar-refractivity contribution in [1.82, 2.24) is 16.0 Å². The van der Waals surface area contributed by atoms with Crippen LogP contribution in [0.5, 0.6) is 0 Å². The number of thioether (sulfide) groups is 1. The van der Waals surface area contributed by atoms with Crippen molar-refractivity contribution < 1.29 is 39.3 Å². The van der Waals surface area contributed by atoms with Gasteiger partial charge in [-0.3, -0.25) is 19.2 Å². The highest BCUT2D eigenvalue weighted by Crippen LogP contribution is 2.07. The van der Waals surface area contributed by atoms with E-state index >= 15 is 0 Å². The molecule has 0 saturated carbocycles. The van der Waals surface area contributed by atoms with E-state index in [9.17, 15) is 34.2 Å². The van der Waals surface area contributed by atoms with Crippen molar-refractivity contribution in [2.75, 3.05) is 12.0 Å². The molecule has 0 aliphatic rings. The van der Waals surface area contributed by atoms with E-state index in [1.165, 1.54) is 18.7 Å². The first-order valence-corrected chi connectivity index (χ1v) is 12.2. The Morgan fingerprint density at radius 1 is 0.943 bits per heavy atom. The van der Waals surface area contributed by atoms with Gasteiger partial charge in [-0.15, -0.1) is 0 Å². The molecule has 0 spiro atoms. The average molecular weight is 513 g/mol. The van der Waals surface area contributed by atoms with Crippen LogP contribution in [0.2, 0.25) is 0 Å². The van der Waals surface area contributed by atoms with E-state index in [2.05, 4.69) is 16.0 Å². The van der Waals surface area contributed by atoms with E-state index in [1.54, 1.807) is 36.6 Å². The van der Waals surface area contributed by atoms with E-state index in [0.717, 1.165) is 0 Å². The molecule has 13 heteroatoms. The number of aliphatic hydroxyl groups is 1. The summed E-state index contributed by atoms with van der Waals surface area (Å²) in [5, 5.41) is 35.5. The van der Waals surface area contributed by atoms with Crippen LogP contribution in [0.1, 0.15) is 25.3 Å². The van der Waals surface area contributed by atoms with Gasteiger partial charge in [-0.1, -0.05) is 30.3 Å². The number of benzene rings is 1. The maximum atomic E-state index is 12.9. The predicted molar refractivity (Wildman–Crippen MR) is 128 cm³/mol. The molecule has 12 nitrogen and oxygen atoms in total. The van der Waals surface area contributed by atoms with Gasteiger partial charge in [0.15, 0.2) is 0 Å². The minimum atomic E-state index is -1.51. The molecule has 1 aromatic carbocycles. The normalized spacial score (nSPS) is 15.1. The first-order valence-electron chi connectivity index (χ1n) is 10.8. The average Bonchev–Trinajstić information content (AvgIpc) is 2.79. The second-order valence-electron chi connectivity index (χ2n) is 7.86. The zero-order valence-corrected chi connectivity index (χ0v) is 20.3. The number of carbonyl (C=O) groups is 5. The Kier molecular flexibility index (Phi) is 12.8. The number of hydrogen-bond acceptors (Lipinski definition) is 8. The molecule has 0 radical (unpaired) electrons. The van der Waals surface area contributed by atoms with Gasteiger partial charge in [0.2, 0.25) is 17.7 Å². The van der Waals surface area contributed by atoms with Crippen LogP contribution in [0.3, 0.4) is 0 Å². The fourth-order valence-electron chi connectivity index (χ4n) is 3.03. The van der Waals surface area contributed by atoms with Gasteiger partial charge >= 0.3 is 11.9 Å². The maximum absolute atomic E-state index is 12.9. The van der Waals surface area contributed by atoms with Crippen LogP contribution < -0.4 is 21.7 Å². The summed E-state index contributed by atoms with van der Waals surface area (Å²) in [7, 11) is 0. The molecule has 0 saturated heterocycles. The van der Waals surface area contributed by atoms with Crippen LogP contribution in [-0.4, -0.2) is 87.3 Å². The summed E-state index contributed by atoms with van der Waals surface area (Å²) >= 11 is 1.39. The molecule has 0 aliphatic carbocycles. The van der Waals surface area contributed by atoms with Crippen molar-refractivity contribution in [3.05, 3.63) is 35.9 Å². The van der Waals surface area contributed by atoms with Gasteiger partial charge in [0.25, 0.3) is 0 Å². The fourth-order valence-corrected chi connectivity index (χ4v) is 3.51. The zero-order chi connectivity index (χ0) is 26.5. The molecular formula is C22H32N4O8S. The Morgan fingerprint density at radius 2 is 1.54 bits per heavy atom. The summed E-state index contributed by atoms with van der Waals surface area (Å²) in [6, 6.07) is 3.23. The molecule has 0 bridgehead atoms. The minimum absolute atomic E-state index is 0.0176. The third-order valence-corrected chi connectivity index (χ3v) is 5.58. The summed E-state index contributed by atoms with van der Waals surface area (Å²) in [6.45, 7) is 1.25. The molecular weight excluding hydrogens is 480 g/mol. The van der Waals surface area contributed by atoms with Gasteiger partial charge in [-0.25, -0.2) is 4.79 Å². The number of carbonyl (C=O) groups excluding carboxylic acids is 3. The summed E-state index contributed by atoms with van der Waals surface area (Å²) in [6.07, 6.45) is -0.137. The number of rotatable bonds is 15. The number of carboxylic acids is 2. The first-order chi connectivity index (χ1) is 16.5. The van der Waals surface area contributed by atoms with Crippen molar-refractivity contribution in [2.24, 2.45) is 5.73 Å². The van der Waals surface area contributed by atoms with E-state index in [1.807, 2.05) is 0 Å². The highest BCUT2D eigenvalue weighted by molar-refractivity contribution is 7.98. The topological polar surface area (TPSA) is 208 Å². The molecule has 1 rings (SSSR count). The van der Waals surface area contributed by atoms with Crippen molar-refractivity contribution in [2.45, 2.75) is 56.5 Å². The monoisotopic (exact) mass is 512 g/mol. The SMILES string of the molecule is CSCCC(NC(=O)C(N)CC(=O)O)C(=O)NC(C(=O)NC(Cc1ccccc1)C(=O)O)C(C)O. The van der Waals surface area contributed by atoms with E-state index in [0.29, 0.717) is 11.3 Å². The Labute approximate surface area is 207 Å². The molecule has 0 fully saturated rings. The van der Waals surface area contributed by atoms with Gasteiger partial charge in [0, 0.05) is 6.42 Å². The Morgan fingerprint density at radius 3 is 2.06 bits per heavy atom. The molecule has 35 heavy (non-hydrogen) atoms. The quantitative estimate of drug-likeness (QED) is 0.148. The number of nitrogens with one attached hydrogen (secondary N) is 3. The second-order valence-corrected chi connectivity index (χ2v) is 8.85. The number of hydrogen-bond donors (Lipinski definition) is 7.